The van der Waals surface area contributed by atoms with Gasteiger partial charge in [0.15, 0.2) is 0 Å². The molecule has 1 atom stereocenters. The average molecular weight is 367 g/mol. The second-order valence-electron chi connectivity index (χ2n) is 7.08. The number of aromatic nitrogens is 2. The number of rotatable bonds is 5. The molecule has 1 aromatic heterocycles. The number of hydrogen-bond donors (Lipinski definition) is 2. The lowest BCUT2D eigenvalue weighted by atomic mass is 10.2. The van der Waals surface area contributed by atoms with Gasteiger partial charge in [-0.1, -0.05) is 0 Å². The van der Waals surface area contributed by atoms with Crippen LogP contribution in [0.3, 0.4) is 0 Å². The van der Waals surface area contributed by atoms with Crippen LogP contribution in [-0.4, -0.2) is 41.7 Å². The highest BCUT2D eigenvalue weighted by molar-refractivity contribution is 5.94. The largest absolute Gasteiger partial charge is 0.368 e. The fourth-order valence-electron chi connectivity index (χ4n) is 3.49. The third-order valence-electron chi connectivity index (χ3n) is 4.90. The van der Waals surface area contributed by atoms with Crippen LogP contribution in [0.25, 0.3) is 0 Å². The van der Waals surface area contributed by atoms with Gasteiger partial charge in [0, 0.05) is 42.8 Å². The molecule has 2 aliphatic rings. The van der Waals surface area contributed by atoms with E-state index in [1.807, 2.05) is 37.3 Å². The molecule has 2 aromatic rings. The van der Waals surface area contributed by atoms with Gasteiger partial charge in [-0.25, -0.2) is 4.98 Å². The van der Waals surface area contributed by atoms with Crippen molar-refractivity contribution < 1.29 is 9.53 Å². The summed E-state index contributed by atoms with van der Waals surface area (Å²) in [6.45, 7) is 4.75. The molecule has 2 fully saturated rings. The Kier molecular flexibility index (Phi) is 5.20. The van der Waals surface area contributed by atoms with Gasteiger partial charge in [-0.3, -0.25) is 4.79 Å². The van der Waals surface area contributed by atoms with Crippen LogP contribution < -0.4 is 15.5 Å². The minimum Gasteiger partial charge on any atom is -0.368 e. The Morgan fingerprint density at radius 1 is 1.11 bits per heavy atom. The second-order valence-corrected chi connectivity index (χ2v) is 7.08. The van der Waals surface area contributed by atoms with E-state index in [2.05, 4.69) is 25.5 Å². The molecule has 3 heterocycles. The van der Waals surface area contributed by atoms with E-state index in [1.54, 1.807) is 0 Å². The van der Waals surface area contributed by atoms with E-state index in [9.17, 15) is 4.79 Å². The smallest absolute Gasteiger partial charge is 0.253 e. The molecule has 2 aliphatic heterocycles. The van der Waals surface area contributed by atoms with E-state index in [4.69, 9.17) is 4.74 Å². The number of aryl methyl sites for hydroxylation is 1. The van der Waals surface area contributed by atoms with Crippen LogP contribution in [0, 0.1) is 6.92 Å². The number of benzene rings is 1. The highest BCUT2D eigenvalue weighted by atomic mass is 16.5. The average Bonchev–Trinajstić information content (AvgIpc) is 3.37. The fraction of sp³-hybridized carbons (Fsp3) is 0.450. The van der Waals surface area contributed by atoms with Crippen molar-refractivity contribution >= 4 is 29.0 Å². The van der Waals surface area contributed by atoms with Gasteiger partial charge < -0.3 is 20.3 Å². The summed E-state index contributed by atoms with van der Waals surface area (Å²) in [4.78, 5) is 23.6. The Hall–Kier alpha value is -2.67. The standard InChI is InChI=1S/C20H25N5O2/c1-14-13-18(25-10-2-3-11-25)24-20(21-14)23-16-8-6-15(7-9-16)22-19(26)17-5-4-12-27-17/h6-9,13,17H,2-5,10-12H2,1H3,(H,22,26)(H,21,23,24)/t17-/m0/s1. The van der Waals surface area contributed by atoms with E-state index in [1.165, 1.54) is 12.8 Å². The molecule has 4 rings (SSSR count). The first-order valence-corrected chi connectivity index (χ1v) is 9.57. The third-order valence-corrected chi connectivity index (χ3v) is 4.90. The van der Waals surface area contributed by atoms with Crippen molar-refractivity contribution in [2.24, 2.45) is 0 Å². The lowest BCUT2D eigenvalue weighted by Gasteiger charge is -2.17. The summed E-state index contributed by atoms with van der Waals surface area (Å²) in [7, 11) is 0. The van der Waals surface area contributed by atoms with Crippen molar-refractivity contribution in [3.05, 3.63) is 36.0 Å². The van der Waals surface area contributed by atoms with Crippen molar-refractivity contribution in [1.82, 2.24) is 9.97 Å². The maximum atomic E-state index is 12.1. The van der Waals surface area contributed by atoms with E-state index in [-0.39, 0.29) is 12.0 Å². The second kappa shape index (κ2) is 7.92. The SMILES string of the molecule is Cc1cc(N2CCCC2)nc(Nc2ccc(NC(=O)[C@@H]3CCCO3)cc2)n1. The molecular weight excluding hydrogens is 342 g/mol. The van der Waals surface area contributed by atoms with Gasteiger partial charge in [0.2, 0.25) is 5.95 Å². The van der Waals surface area contributed by atoms with Gasteiger partial charge in [0.25, 0.3) is 5.91 Å². The van der Waals surface area contributed by atoms with Crippen molar-refractivity contribution in [1.29, 1.82) is 0 Å². The molecular formula is C20H25N5O2. The molecule has 1 aromatic carbocycles. The zero-order chi connectivity index (χ0) is 18.6. The maximum absolute atomic E-state index is 12.1. The number of ether oxygens (including phenoxy) is 1. The number of nitrogens with zero attached hydrogens (tertiary/aromatic N) is 3. The third kappa shape index (κ3) is 4.36. The summed E-state index contributed by atoms with van der Waals surface area (Å²) >= 11 is 0. The molecule has 142 valence electrons. The van der Waals surface area contributed by atoms with Gasteiger partial charge in [0.1, 0.15) is 11.9 Å². The molecule has 0 spiro atoms. The Morgan fingerprint density at radius 3 is 2.56 bits per heavy atom. The monoisotopic (exact) mass is 367 g/mol. The quantitative estimate of drug-likeness (QED) is 0.845. The highest BCUT2D eigenvalue weighted by Crippen LogP contribution is 2.23. The van der Waals surface area contributed by atoms with Gasteiger partial charge in [-0.2, -0.15) is 4.98 Å². The van der Waals surface area contributed by atoms with Crippen molar-refractivity contribution in [3.63, 3.8) is 0 Å². The Bertz CT molecular complexity index is 797. The number of anilines is 4. The van der Waals surface area contributed by atoms with Crippen molar-refractivity contribution in [2.75, 3.05) is 35.2 Å². The lowest BCUT2D eigenvalue weighted by Crippen LogP contribution is -2.26. The summed E-state index contributed by atoms with van der Waals surface area (Å²) in [6, 6.07) is 9.58. The van der Waals surface area contributed by atoms with Crippen molar-refractivity contribution in [3.8, 4) is 0 Å². The van der Waals surface area contributed by atoms with E-state index >= 15 is 0 Å². The molecule has 2 saturated heterocycles. The number of carbonyl (C=O) groups is 1. The fourth-order valence-corrected chi connectivity index (χ4v) is 3.49. The Labute approximate surface area is 159 Å². The van der Waals surface area contributed by atoms with Gasteiger partial charge in [-0.15, -0.1) is 0 Å². The molecule has 0 radical (unpaired) electrons. The molecule has 7 heteroatoms. The molecule has 0 unspecified atom stereocenters. The zero-order valence-electron chi connectivity index (χ0n) is 15.6. The number of amides is 1. The molecule has 7 nitrogen and oxygen atoms in total. The summed E-state index contributed by atoms with van der Waals surface area (Å²) in [5, 5.41) is 6.16. The number of hydrogen-bond acceptors (Lipinski definition) is 6. The van der Waals surface area contributed by atoms with Crippen LogP contribution >= 0.6 is 0 Å². The van der Waals surface area contributed by atoms with Crippen LogP contribution in [0.4, 0.5) is 23.1 Å². The minimum absolute atomic E-state index is 0.0783. The zero-order valence-corrected chi connectivity index (χ0v) is 15.6. The highest BCUT2D eigenvalue weighted by Gasteiger charge is 2.23. The maximum Gasteiger partial charge on any atom is 0.253 e. The van der Waals surface area contributed by atoms with Crippen LogP contribution in [0.2, 0.25) is 0 Å². The number of carbonyl (C=O) groups excluding carboxylic acids is 1. The normalized spacial score (nSPS) is 19.3. The molecule has 2 N–H and O–H groups in total. The lowest BCUT2D eigenvalue weighted by molar-refractivity contribution is -0.124. The predicted molar refractivity (Wildman–Crippen MR) is 106 cm³/mol. The van der Waals surface area contributed by atoms with Gasteiger partial charge in [-0.05, 0) is 56.9 Å². The van der Waals surface area contributed by atoms with E-state index in [0.717, 1.165) is 48.8 Å². The van der Waals surface area contributed by atoms with Crippen LogP contribution in [0.1, 0.15) is 31.4 Å². The molecule has 0 aliphatic carbocycles. The van der Waals surface area contributed by atoms with E-state index in [0.29, 0.717) is 12.6 Å². The molecule has 1 amide bonds. The predicted octanol–water partition coefficient (Wildman–Crippen LogP) is 3.25. The number of nitrogens with one attached hydrogen (secondary N) is 2. The Balaban J connectivity index is 1.41. The van der Waals surface area contributed by atoms with Crippen LogP contribution in [-0.2, 0) is 9.53 Å². The van der Waals surface area contributed by atoms with Crippen LogP contribution in [0.15, 0.2) is 30.3 Å². The van der Waals surface area contributed by atoms with Gasteiger partial charge in [0.05, 0.1) is 0 Å². The Morgan fingerprint density at radius 2 is 1.85 bits per heavy atom. The van der Waals surface area contributed by atoms with Crippen LogP contribution in [0.5, 0.6) is 0 Å². The molecule has 0 bridgehead atoms. The molecule has 27 heavy (non-hydrogen) atoms. The molecule has 0 saturated carbocycles. The first-order valence-electron chi connectivity index (χ1n) is 9.57. The summed E-state index contributed by atoms with van der Waals surface area (Å²) in [6.07, 6.45) is 3.83. The van der Waals surface area contributed by atoms with E-state index < -0.39 is 0 Å². The topological polar surface area (TPSA) is 79.4 Å². The summed E-state index contributed by atoms with van der Waals surface area (Å²) in [5.41, 5.74) is 2.57. The van der Waals surface area contributed by atoms with Gasteiger partial charge >= 0.3 is 0 Å². The minimum atomic E-state index is -0.326. The first kappa shape index (κ1) is 17.7. The summed E-state index contributed by atoms with van der Waals surface area (Å²) in [5.74, 6) is 1.49. The summed E-state index contributed by atoms with van der Waals surface area (Å²) < 4.78 is 5.41. The first-order chi connectivity index (χ1) is 13.2. The van der Waals surface area contributed by atoms with Crippen molar-refractivity contribution in [2.45, 2.75) is 38.7 Å².